The zero-order valence-corrected chi connectivity index (χ0v) is 13.3. The molecule has 2 aliphatic rings. The molecule has 3 atom stereocenters. The van der Waals surface area contributed by atoms with Gasteiger partial charge in [0, 0.05) is 12.6 Å². The summed E-state index contributed by atoms with van der Waals surface area (Å²) in [6.45, 7) is 12.3. The molecule has 2 rings (SSSR count). The van der Waals surface area contributed by atoms with Crippen LogP contribution in [0, 0.1) is 17.8 Å². The molecule has 1 N–H and O–H groups in total. The van der Waals surface area contributed by atoms with E-state index in [0.717, 1.165) is 23.8 Å². The Morgan fingerprint density at radius 1 is 1.21 bits per heavy atom. The van der Waals surface area contributed by atoms with E-state index >= 15 is 0 Å². The van der Waals surface area contributed by atoms with E-state index in [4.69, 9.17) is 0 Å². The van der Waals surface area contributed by atoms with Crippen LogP contribution in [0.5, 0.6) is 0 Å². The Balaban J connectivity index is 1.67. The van der Waals surface area contributed by atoms with Crippen LogP contribution in [0.4, 0.5) is 0 Å². The maximum atomic E-state index is 3.77. The molecule has 0 radical (unpaired) electrons. The second-order valence-electron chi connectivity index (χ2n) is 7.13. The maximum absolute atomic E-state index is 3.77. The SMILES string of the molecule is CCCNC1CCCC1CCN1CCC(C(C)C)C1. The fourth-order valence-electron chi connectivity index (χ4n) is 3.94. The quantitative estimate of drug-likeness (QED) is 0.758. The zero-order valence-electron chi connectivity index (χ0n) is 13.3. The molecule has 0 amide bonds. The third-order valence-electron chi connectivity index (χ3n) is 5.38. The second-order valence-corrected chi connectivity index (χ2v) is 7.13. The first kappa shape index (κ1) is 15.3. The summed E-state index contributed by atoms with van der Waals surface area (Å²) in [5.74, 6) is 2.78. The molecule has 1 aliphatic carbocycles. The van der Waals surface area contributed by atoms with Crippen LogP contribution in [0.1, 0.15) is 59.3 Å². The van der Waals surface area contributed by atoms with Gasteiger partial charge in [-0.3, -0.25) is 0 Å². The Labute approximate surface area is 120 Å². The maximum Gasteiger partial charge on any atom is 0.00958 e. The number of nitrogens with one attached hydrogen (secondary N) is 1. The van der Waals surface area contributed by atoms with Gasteiger partial charge in [0.25, 0.3) is 0 Å². The summed E-state index contributed by atoms with van der Waals surface area (Å²) in [5.41, 5.74) is 0. The van der Waals surface area contributed by atoms with Crippen LogP contribution in [0.2, 0.25) is 0 Å². The Morgan fingerprint density at radius 2 is 2.05 bits per heavy atom. The lowest BCUT2D eigenvalue weighted by Gasteiger charge is -2.24. The normalized spacial score (nSPS) is 32.5. The Hall–Kier alpha value is -0.0800. The number of rotatable bonds is 7. The van der Waals surface area contributed by atoms with Crippen LogP contribution < -0.4 is 5.32 Å². The molecule has 1 heterocycles. The summed E-state index contributed by atoms with van der Waals surface area (Å²) in [5, 5.41) is 3.77. The third-order valence-corrected chi connectivity index (χ3v) is 5.38. The number of nitrogens with zero attached hydrogens (tertiary/aromatic N) is 1. The van der Waals surface area contributed by atoms with Crippen molar-refractivity contribution in [2.45, 2.75) is 65.3 Å². The minimum absolute atomic E-state index is 0.823. The highest BCUT2D eigenvalue weighted by molar-refractivity contribution is 4.85. The van der Waals surface area contributed by atoms with Crippen molar-refractivity contribution >= 4 is 0 Å². The van der Waals surface area contributed by atoms with Gasteiger partial charge in [-0.25, -0.2) is 0 Å². The molecule has 1 saturated carbocycles. The molecule has 0 aromatic rings. The monoisotopic (exact) mass is 266 g/mol. The molecule has 0 spiro atoms. The molecule has 2 heteroatoms. The van der Waals surface area contributed by atoms with E-state index in [0.29, 0.717) is 0 Å². The summed E-state index contributed by atoms with van der Waals surface area (Å²) in [6, 6.07) is 0.823. The van der Waals surface area contributed by atoms with Crippen LogP contribution in [-0.4, -0.2) is 37.1 Å². The van der Waals surface area contributed by atoms with E-state index in [2.05, 4.69) is 31.0 Å². The first-order valence-electron chi connectivity index (χ1n) is 8.66. The fourth-order valence-corrected chi connectivity index (χ4v) is 3.94. The fraction of sp³-hybridized carbons (Fsp3) is 1.00. The highest BCUT2D eigenvalue weighted by Gasteiger charge is 2.29. The highest BCUT2D eigenvalue weighted by Crippen LogP contribution is 2.30. The molecule has 3 unspecified atom stereocenters. The average molecular weight is 266 g/mol. The molecule has 0 aromatic heterocycles. The number of likely N-dealkylation sites (tertiary alicyclic amines) is 1. The lowest BCUT2D eigenvalue weighted by molar-refractivity contribution is 0.265. The van der Waals surface area contributed by atoms with E-state index in [1.807, 2.05) is 0 Å². The van der Waals surface area contributed by atoms with E-state index in [1.54, 1.807) is 0 Å². The first-order valence-corrected chi connectivity index (χ1v) is 8.66. The topological polar surface area (TPSA) is 15.3 Å². The van der Waals surface area contributed by atoms with Gasteiger partial charge in [0.2, 0.25) is 0 Å². The smallest absolute Gasteiger partial charge is 0.00958 e. The van der Waals surface area contributed by atoms with Gasteiger partial charge in [-0.1, -0.05) is 27.2 Å². The largest absolute Gasteiger partial charge is 0.314 e. The van der Waals surface area contributed by atoms with E-state index in [-0.39, 0.29) is 0 Å². The van der Waals surface area contributed by atoms with Gasteiger partial charge in [-0.05, 0) is 69.5 Å². The highest BCUT2D eigenvalue weighted by atomic mass is 15.1. The lowest BCUT2D eigenvalue weighted by atomic mass is 9.95. The summed E-state index contributed by atoms with van der Waals surface area (Å²) < 4.78 is 0. The van der Waals surface area contributed by atoms with Crippen molar-refractivity contribution in [2.75, 3.05) is 26.2 Å². The molecule has 1 saturated heterocycles. The molecule has 19 heavy (non-hydrogen) atoms. The van der Waals surface area contributed by atoms with Crippen molar-refractivity contribution < 1.29 is 0 Å². The van der Waals surface area contributed by atoms with Crippen molar-refractivity contribution in [3.8, 4) is 0 Å². The number of hydrogen-bond donors (Lipinski definition) is 1. The van der Waals surface area contributed by atoms with Crippen LogP contribution in [0.15, 0.2) is 0 Å². The van der Waals surface area contributed by atoms with Gasteiger partial charge >= 0.3 is 0 Å². The molecule has 0 aromatic carbocycles. The van der Waals surface area contributed by atoms with Gasteiger partial charge in [0.1, 0.15) is 0 Å². The van der Waals surface area contributed by atoms with Crippen LogP contribution in [0.3, 0.4) is 0 Å². The summed E-state index contributed by atoms with van der Waals surface area (Å²) >= 11 is 0. The molecule has 2 fully saturated rings. The molecular weight excluding hydrogens is 232 g/mol. The lowest BCUT2D eigenvalue weighted by Crippen LogP contribution is -2.35. The summed E-state index contributed by atoms with van der Waals surface area (Å²) in [4.78, 5) is 2.72. The van der Waals surface area contributed by atoms with Crippen molar-refractivity contribution in [3.05, 3.63) is 0 Å². The predicted octanol–water partition coefficient (Wildman–Crippen LogP) is 3.52. The summed E-state index contributed by atoms with van der Waals surface area (Å²) in [7, 11) is 0. The predicted molar refractivity (Wildman–Crippen MR) is 83.4 cm³/mol. The average Bonchev–Trinajstić information content (AvgIpc) is 3.02. The van der Waals surface area contributed by atoms with Gasteiger partial charge in [0.05, 0.1) is 0 Å². The van der Waals surface area contributed by atoms with Crippen molar-refractivity contribution in [2.24, 2.45) is 17.8 Å². The van der Waals surface area contributed by atoms with Crippen LogP contribution in [-0.2, 0) is 0 Å². The number of hydrogen-bond acceptors (Lipinski definition) is 2. The van der Waals surface area contributed by atoms with Gasteiger partial charge < -0.3 is 10.2 Å². The standard InChI is InChI=1S/C17H34N2/c1-4-10-18-17-7-5-6-15(17)8-11-19-12-9-16(13-19)14(2)3/h14-18H,4-13H2,1-3H3. The molecule has 1 aliphatic heterocycles. The second kappa shape index (κ2) is 7.64. The molecule has 112 valence electrons. The van der Waals surface area contributed by atoms with Gasteiger partial charge in [-0.15, -0.1) is 0 Å². The van der Waals surface area contributed by atoms with Crippen LogP contribution >= 0.6 is 0 Å². The van der Waals surface area contributed by atoms with Gasteiger partial charge in [0.15, 0.2) is 0 Å². The van der Waals surface area contributed by atoms with Crippen molar-refractivity contribution in [1.29, 1.82) is 0 Å². The first-order chi connectivity index (χ1) is 9.20. The van der Waals surface area contributed by atoms with Gasteiger partial charge in [-0.2, -0.15) is 0 Å². The Morgan fingerprint density at radius 3 is 2.74 bits per heavy atom. The minimum atomic E-state index is 0.823. The zero-order chi connectivity index (χ0) is 13.7. The molecular formula is C17H34N2. The van der Waals surface area contributed by atoms with E-state index < -0.39 is 0 Å². The van der Waals surface area contributed by atoms with Crippen LogP contribution in [0.25, 0.3) is 0 Å². The Bertz CT molecular complexity index is 252. The van der Waals surface area contributed by atoms with E-state index in [9.17, 15) is 0 Å². The molecule has 2 nitrogen and oxygen atoms in total. The summed E-state index contributed by atoms with van der Waals surface area (Å²) in [6.07, 6.45) is 8.44. The minimum Gasteiger partial charge on any atom is -0.314 e. The Kier molecular flexibility index (Phi) is 6.15. The van der Waals surface area contributed by atoms with Crippen molar-refractivity contribution in [1.82, 2.24) is 10.2 Å². The van der Waals surface area contributed by atoms with Crippen molar-refractivity contribution in [3.63, 3.8) is 0 Å². The third kappa shape index (κ3) is 4.46. The molecule has 0 bridgehead atoms. The van der Waals surface area contributed by atoms with E-state index in [1.165, 1.54) is 64.7 Å².